The van der Waals surface area contributed by atoms with Crippen molar-refractivity contribution in [3.63, 3.8) is 0 Å². The Labute approximate surface area is 157 Å². The van der Waals surface area contributed by atoms with Crippen LogP contribution in [0.4, 0.5) is 5.69 Å². The Morgan fingerprint density at radius 3 is 2.26 bits per heavy atom. The maximum atomic E-state index is 12.5. The third kappa shape index (κ3) is 5.05. The van der Waals surface area contributed by atoms with E-state index in [1.807, 2.05) is 0 Å². The number of ether oxygens (including phenoxy) is 1. The second-order valence-corrected chi connectivity index (χ2v) is 7.62. The van der Waals surface area contributed by atoms with E-state index in [-0.39, 0.29) is 4.90 Å². The van der Waals surface area contributed by atoms with Crippen molar-refractivity contribution in [3.05, 3.63) is 53.6 Å². The Morgan fingerprint density at radius 1 is 1.11 bits per heavy atom. The summed E-state index contributed by atoms with van der Waals surface area (Å²) in [6.45, 7) is 3.16. The molecule has 0 aliphatic rings. The summed E-state index contributed by atoms with van der Waals surface area (Å²) in [5, 5.41) is 2.57. The second kappa shape index (κ2) is 8.19. The number of aryl methyl sites for hydroxylation is 1. The van der Waals surface area contributed by atoms with Crippen molar-refractivity contribution >= 4 is 27.5 Å². The summed E-state index contributed by atoms with van der Waals surface area (Å²) in [5.74, 6) is -0.557. The average Bonchev–Trinajstić information content (AvgIpc) is 2.61. The molecule has 0 bridgehead atoms. The fourth-order valence-electron chi connectivity index (χ4n) is 2.34. The van der Waals surface area contributed by atoms with Crippen LogP contribution in [-0.4, -0.2) is 33.4 Å². The molecule has 0 saturated heterocycles. The molecule has 0 heterocycles. The highest BCUT2D eigenvalue weighted by Crippen LogP contribution is 2.21. The SMILES string of the molecule is COc1ccc(S(=O)(=O)N[C@@H](C)C(=O)Nc2ccc(C(N)=O)cc2)cc1C. The summed E-state index contributed by atoms with van der Waals surface area (Å²) in [6.07, 6.45) is 0. The molecule has 8 nitrogen and oxygen atoms in total. The molecule has 2 aromatic carbocycles. The lowest BCUT2D eigenvalue weighted by Gasteiger charge is -2.15. The van der Waals surface area contributed by atoms with E-state index in [1.54, 1.807) is 13.0 Å². The standard InChI is InChI=1S/C18H21N3O5S/c1-11-10-15(8-9-16(11)26-3)27(24,25)21-12(2)18(23)20-14-6-4-13(5-7-14)17(19)22/h4-10,12,21H,1-3H3,(H2,19,22)(H,20,23)/t12-/m0/s1. The molecule has 4 N–H and O–H groups in total. The first-order valence-corrected chi connectivity index (χ1v) is 9.50. The van der Waals surface area contributed by atoms with Crippen LogP contribution in [0.15, 0.2) is 47.4 Å². The molecule has 0 saturated carbocycles. The number of amides is 2. The number of rotatable bonds is 7. The average molecular weight is 391 g/mol. The van der Waals surface area contributed by atoms with Gasteiger partial charge in [-0.2, -0.15) is 4.72 Å². The summed E-state index contributed by atoms with van der Waals surface area (Å²) in [6, 6.07) is 9.34. The first-order chi connectivity index (χ1) is 12.6. The molecule has 9 heteroatoms. The van der Waals surface area contributed by atoms with Gasteiger partial charge in [0.2, 0.25) is 21.8 Å². The monoisotopic (exact) mass is 391 g/mol. The van der Waals surface area contributed by atoms with E-state index in [2.05, 4.69) is 10.0 Å². The number of hydrogen-bond acceptors (Lipinski definition) is 5. The highest BCUT2D eigenvalue weighted by atomic mass is 32.2. The molecule has 0 aliphatic carbocycles. The van der Waals surface area contributed by atoms with Crippen molar-refractivity contribution in [3.8, 4) is 5.75 Å². The normalized spacial score (nSPS) is 12.3. The van der Waals surface area contributed by atoms with E-state index in [1.165, 1.54) is 50.4 Å². The Balaban J connectivity index is 2.08. The number of carbonyl (C=O) groups is 2. The zero-order chi connectivity index (χ0) is 20.2. The summed E-state index contributed by atoms with van der Waals surface area (Å²) >= 11 is 0. The minimum atomic E-state index is -3.89. The van der Waals surface area contributed by atoms with E-state index in [0.29, 0.717) is 22.6 Å². The van der Waals surface area contributed by atoms with Crippen molar-refractivity contribution in [2.45, 2.75) is 24.8 Å². The number of primary amides is 1. The van der Waals surface area contributed by atoms with E-state index in [9.17, 15) is 18.0 Å². The van der Waals surface area contributed by atoms with E-state index >= 15 is 0 Å². The smallest absolute Gasteiger partial charge is 0.248 e. The molecule has 0 spiro atoms. The quantitative estimate of drug-likeness (QED) is 0.657. The number of nitrogens with two attached hydrogens (primary N) is 1. The molecule has 0 radical (unpaired) electrons. The predicted octanol–water partition coefficient (Wildman–Crippen LogP) is 1.41. The third-order valence-corrected chi connectivity index (χ3v) is 5.38. The van der Waals surface area contributed by atoms with Crippen molar-refractivity contribution in [2.24, 2.45) is 5.73 Å². The topological polar surface area (TPSA) is 128 Å². The predicted molar refractivity (Wildman–Crippen MR) is 101 cm³/mol. The van der Waals surface area contributed by atoms with Gasteiger partial charge in [-0.25, -0.2) is 8.42 Å². The number of hydrogen-bond donors (Lipinski definition) is 3. The van der Waals surface area contributed by atoms with Gasteiger partial charge in [-0.05, 0) is 61.9 Å². The van der Waals surface area contributed by atoms with E-state index in [4.69, 9.17) is 10.5 Å². The van der Waals surface area contributed by atoms with Gasteiger partial charge in [0, 0.05) is 11.3 Å². The van der Waals surface area contributed by atoms with Crippen LogP contribution in [0.3, 0.4) is 0 Å². The molecule has 0 unspecified atom stereocenters. The fourth-order valence-corrected chi connectivity index (χ4v) is 3.63. The summed E-state index contributed by atoms with van der Waals surface area (Å²) in [5.41, 5.74) is 6.53. The Kier molecular flexibility index (Phi) is 6.19. The lowest BCUT2D eigenvalue weighted by atomic mass is 10.2. The number of sulfonamides is 1. The zero-order valence-electron chi connectivity index (χ0n) is 15.1. The number of nitrogens with one attached hydrogen (secondary N) is 2. The number of methoxy groups -OCH3 is 1. The van der Waals surface area contributed by atoms with Gasteiger partial charge < -0.3 is 15.8 Å². The largest absolute Gasteiger partial charge is 0.496 e. The Hall–Kier alpha value is -2.91. The van der Waals surface area contributed by atoms with Gasteiger partial charge in [-0.3, -0.25) is 9.59 Å². The molecular formula is C18H21N3O5S. The van der Waals surface area contributed by atoms with Crippen molar-refractivity contribution in [2.75, 3.05) is 12.4 Å². The molecule has 144 valence electrons. The van der Waals surface area contributed by atoms with E-state index < -0.39 is 27.9 Å². The first-order valence-electron chi connectivity index (χ1n) is 8.01. The minimum Gasteiger partial charge on any atom is -0.496 e. The van der Waals surface area contributed by atoms with Crippen LogP contribution >= 0.6 is 0 Å². The third-order valence-electron chi connectivity index (χ3n) is 3.84. The molecule has 2 amide bonds. The molecule has 0 aromatic heterocycles. The van der Waals surface area contributed by atoms with E-state index in [0.717, 1.165) is 0 Å². The lowest BCUT2D eigenvalue weighted by Crippen LogP contribution is -2.41. The van der Waals surface area contributed by atoms with Gasteiger partial charge in [0.05, 0.1) is 18.0 Å². The first kappa shape index (κ1) is 20.4. The maximum Gasteiger partial charge on any atom is 0.248 e. The van der Waals surface area contributed by atoms with Crippen molar-refractivity contribution in [1.29, 1.82) is 0 Å². The second-order valence-electron chi connectivity index (χ2n) is 5.91. The maximum absolute atomic E-state index is 12.5. The highest BCUT2D eigenvalue weighted by Gasteiger charge is 2.22. The number of anilines is 1. The molecule has 27 heavy (non-hydrogen) atoms. The lowest BCUT2D eigenvalue weighted by molar-refractivity contribution is -0.117. The van der Waals surface area contributed by atoms with Gasteiger partial charge in [-0.15, -0.1) is 0 Å². The highest BCUT2D eigenvalue weighted by molar-refractivity contribution is 7.89. The fraction of sp³-hybridized carbons (Fsp3) is 0.222. The Morgan fingerprint density at radius 2 is 1.74 bits per heavy atom. The van der Waals surface area contributed by atoms with Gasteiger partial charge in [-0.1, -0.05) is 0 Å². The van der Waals surface area contributed by atoms with Crippen molar-refractivity contribution in [1.82, 2.24) is 4.72 Å². The zero-order valence-corrected chi connectivity index (χ0v) is 16.0. The summed E-state index contributed by atoms with van der Waals surface area (Å²) in [7, 11) is -2.39. The van der Waals surface area contributed by atoms with Crippen LogP contribution in [0.2, 0.25) is 0 Å². The molecular weight excluding hydrogens is 370 g/mol. The molecule has 2 aromatic rings. The summed E-state index contributed by atoms with van der Waals surface area (Å²) < 4.78 is 32.4. The van der Waals surface area contributed by atoms with Gasteiger partial charge in [0.15, 0.2) is 0 Å². The minimum absolute atomic E-state index is 0.0336. The molecule has 0 fully saturated rings. The van der Waals surface area contributed by atoms with Gasteiger partial charge in [0.1, 0.15) is 5.75 Å². The van der Waals surface area contributed by atoms with Gasteiger partial charge in [0.25, 0.3) is 0 Å². The summed E-state index contributed by atoms with van der Waals surface area (Å²) in [4.78, 5) is 23.3. The van der Waals surface area contributed by atoms with Crippen LogP contribution in [-0.2, 0) is 14.8 Å². The van der Waals surface area contributed by atoms with Crippen molar-refractivity contribution < 1.29 is 22.7 Å². The van der Waals surface area contributed by atoms with Gasteiger partial charge >= 0.3 is 0 Å². The van der Waals surface area contributed by atoms with Crippen LogP contribution in [0.5, 0.6) is 5.75 Å². The van der Waals surface area contributed by atoms with Crippen LogP contribution in [0.25, 0.3) is 0 Å². The Bertz CT molecular complexity index is 955. The molecule has 2 rings (SSSR count). The van der Waals surface area contributed by atoms with Crippen LogP contribution < -0.4 is 20.5 Å². The number of benzene rings is 2. The molecule has 0 aliphatic heterocycles. The molecule has 1 atom stereocenters. The number of carbonyl (C=O) groups excluding carboxylic acids is 2. The van der Waals surface area contributed by atoms with Crippen LogP contribution in [0, 0.1) is 6.92 Å². The van der Waals surface area contributed by atoms with Crippen LogP contribution in [0.1, 0.15) is 22.8 Å².